The Kier molecular flexibility index (Phi) is 6.74. The van der Waals surface area contributed by atoms with E-state index in [0.717, 1.165) is 12.5 Å². The van der Waals surface area contributed by atoms with Crippen molar-refractivity contribution in [3.05, 3.63) is 46.8 Å². The lowest BCUT2D eigenvalue weighted by molar-refractivity contribution is -0.139. The highest BCUT2D eigenvalue weighted by Crippen LogP contribution is 2.39. The molecule has 1 aliphatic rings. The maximum absolute atomic E-state index is 13.7. The summed E-state index contributed by atoms with van der Waals surface area (Å²) in [6, 6.07) is 2.29. The highest BCUT2D eigenvalue weighted by Gasteiger charge is 2.40. The zero-order valence-electron chi connectivity index (χ0n) is 19.4. The predicted molar refractivity (Wildman–Crippen MR) is 123 cm³/mol. The molecule has 0 amide bonds. The molecule has 184 valence electrons. The van der Waals surface area contributed by atoms with Crippen LogP contribution in [0.15, 0.2) is 24.5 Å². The van der Waals surface area contributed by atoms with Gasteiger partial charge in [-0.15, -0.1) is 0 Å². The number of halogens is 5. The van der Waals surface area contributed by atoms with Crippen LogP contribution in [-0.2, 0) is 13.2 Å². The quantitative estimate of drug-likeness (QED) is 0.338. The van der Waals surface area contributed by atoms with Crippen LogP contribution in [0.25, 0.3) is 11.2 Å². The number of rotatable bonds is 5. The molecule has 11 heteroatoms. The molecular formula is C23H27ClF4N6. The molecule has 1 saturated heterocycles. The van der Waals surface area contributed by atoms with Crippen LogP contribution >= 0.6 is 11.6 Å². The standard InChI is InChI=1S/C23H27ClF4N6/c1-5-15-11-34(21-19-20(30-22(24)31-21)32(4)12-29-19)16(6-2)10-33(15)13(3)17-8-7-14(25)9-18(17)23(26,27)28/h7-9,12-13,15-16H,5-6,10-11H2,1-4H3/t13?,15-,16+/m1/s1. The van der Waals surface area contributed by atoms with Crippen molar-refractivity contribution in [1.82, 2.24) is 24.4 Å². The third kappa shape index (κ3) is 4.45. The molecule has 1 aliphatic heterocycles. The van der Waals surface area contributed by atoms with Crippen molar-refractivity contribution in [2.24, 2.45) is 7.05 Å². The fourth-order valence-corrected chi connectivity index (χ4v) is 5.06. The molecule has 3 aromatic rings. The van der Waals surface area contributed by atoms with E-state index in [1.807, 2.05) is 20.9 Å². The van der Waals surface area contributed by atoms with Crippen molar-refractivity contribution < 1.29 is 17.6 Å². The maximum atomic E-state index is 13.7. The summed E-state index contributed by atoms with van der Waals surface area (Å²) in [5.41, 5.74) is 0.408. The smallest absolute Gasteiger partial charge is 0.349 e. The highest BCUT2D eigenvalue weighted by molar-refractivity contribution is 6.28. The number of anilines is 1. The number of aryl methyl sites for hydroxylation is 1. The van der Waals surface area contributed by atoms with E-state index >= 15 is 0 Å². The molecule has 0 bridgehead atoms. The molecule has 6 nitrogen and oxygen atoms in total. The van der Waals surface area contributed by atoms with Crippen molar-refractivity contribution in [2.45, 2.75) is 57.9 Å². The van der Waals surface area contributed by atoms with Crippen molar-refractivity contribution in [1.29, 1.82) is 0 Å². The summed E-state index contributed by atoms with van der Waals surface area (Å²) in [6.45, 7) is 6.85. The van der Waals surface area contributed by atoms with Crippen molar-refractivity contribution in [3.8, 4) is 0 Å². The van der Waals surface area contributed by atoms with Crippen molar-refractivity contribution in [2.75, 3.05) is 18.0 Å². The lowest BCUT2D eigenvalue weighted by Gasteiger charge is -2.49. The van der Waals surface area contributed by atoms with Crippen LogP contribution in [0.2, 0.25) is 5.28 Å². The number of aromatic nitrogens is 4. The molecule has 1 aromatic carbocycles. The van der Waals surface area contributed by atoms with Crippen LogP contribution in [0.4, 0.5) is 23.4 Å². The van der Waals surface area contributed by atoms with Crippen LogP contribution in [-0.4, -0.2) is 49.6 Å². The number of benzene rings is 1. The Balaban J connectivity index is 1.72. The lowest BCUT2D eigenvalue weighted by Crippen LogP contribution is -2.59. The zero-order valence-corrected chi connectivity index (χ0v) is 20.2. The number of alkyl halides is 3. The Bertz CT molecular complexity index is 1180. The van der Waals surface area contributed by atoms with E-state index < -0.39 is 23.6 Å². The Labute approximate surface area is 200 Å². The van der Waals surface area contributed by atoms with Gasteiger partial charge in [0.15, 0.2) is 17.0 Å². The van der Waals surface area contributed by atoms with E-state index in [-0.39, 0.29) is 22.9 Å². The fourth-order valence-electron chi connectivity index (χ4n) is 4.90. The van der Waals surface area contributed by atoms with Crippen molar-refractivity contribution >= 4 is 28.6 Å². The monoisotopic (exact) mass is 498 g/mol. The second-order valence-electron chi connectivity index (χ2n) is 8.72. The SMILES string of the molecule is CC[C@H]1CN(C(C)c2ccc(F)cc2C(F)(F)F)[C@H](CC)CN1c1nc(Cl)nc2c1ncn2C. The van der Waals surface area contributed by atoms with E-state index in [2.05, 4.69) is 24.8 Å². The second-order valence-corrected chi connectivity index (χ2v) is 9.06. The van der Waals surface area contributed by atoms with E-state index in [0.29, 0.717) is 42.6 Å². The van der Waals surface area contributed by atoms with Crippen LogP contribution < -0.4 is 4.90 Å². The first kappa shape index (κ1) is 24.7. The van der Waals surface area contributed by atoms with Gasteiger partial charge in [-0.1, -0.05) is 19.9 Å². The summed E-state index contributed by atoms with van der Waals surface area (Å²) in [5.74, 6) is -0.266. The zero-order chi connectivity index (χ0) is 24.8. The van der Waals surface area contributed by atoms with Crippen molar-refractivity contribution in [3.63, 3.8) is 0 Å². The average Bonchev–Trinajstić information content (AvgIpc) is 3.17. The maximum Gasteiger partial charge on any atom is 0.416 e. The van der Waals surface area contributed by atoms with Gasteiger partial charge in [0, 0.05) is 38.3 Å². The normalized spacial score (nSPS) is 20.8. The minimum Gasteiger partial charge on any atom is -0.349 e. The molecule has 0 radical (unpaired) electrons. The lowest BCUT2D eigenvalue weighted by atomic mass is 9.94. The van der Waals surface area contributed by atoms with Gasteiger partial charge in [0.25, 0.3) is 0 Å². The first-order valence-electron chi connectivity index (χ1n) is 11.3. The second kappa shape index (κ2) is 9.30. The largest absolute Gasteiger partial charge is 0.416 e. The Morgan fingerprint density at radius 2 is 1.82 bits per heavy atom. The Morgan fingerprint density at radius 1 is 1.12 bits per heavy atom. The highest BCUT2D eigenvalue weighted by atomic mass is 35.5. The number of fused-ring (bicyclic) bond motifs is 1. The summed E-state index contributed by atoms with van der Waals surface area (Å²) in [6.07, 6.45) is -1.53. The average molecular weight is 499 g/mol. The number of hydrogen-bond donors (Lipinski definition) is 0. The molecule has 3 atom stereocenters. The van der Waals surface area contributed by atoms with Gasteiger partial charge >= 0.3 is 6.18 Å². The molecule has 3 heterocycles. The molecule has 0 N–H and O–H groups in total. The third-order valence-corrected chi connectivity index (χ3v) is 6.90. The molecule has 1 unspecified atom stereocenters. The van der Waals surface area contributed by atoms with Crippen LogP contribution in [0, 0.1) is 5.82 Å². The van der Waals surface area contributed by atoms with Crippen LogP contribution in [0.5, 0.6) is 0 Å². The Hall–Kier alpha value is -2.46. The summed E-state index contributed by atoms with van der Waals surface area (Å²) >= 11 is 6.23. The molecular weight excluding hydrogens is 472 g/mol. The minimum atomic E-state index is -4.64. The Morgan fingerprint density at radius 3 is 2.47 bits per heavy atom. The first-order valence-corrected chi connectivity index (χ1v) is 11.7. The summed E-state index contributed by atoms with van der Waals surface area (Å²) in [7, 11) is 1.83. The molecule has 2 aromatic heterocycles. The summed E-state index contributed by atoms with van der Waals surface area (Å²) < 4.78 is 56.6. The van der Waals surface area contributed by atoms with Gasteiger partial charge in [-0.2, -0.15) is 23.1 Å². The van der Waals surface area contributed by atoms with Gasteiger partial charge < -0.3 is 9.47 Å². The number of imidazole rings is 1. The predicted octanol–water partition coefficient (Wildman–Crippen LogP) is 5.62. The number of piperazine rings is 1. The van der Waals surface area contributed by atoms with Gasteiger partial charge in [-0.05, 0) is 49.1 Å². The van der Waals surface area contributed by atoms with Gasteiger partial charge in [-0.25, -0.2) is 9.37 Å². The minimum absolute atomic E-state index is 0.0313. The fraction of sp³-hybridized carbons (Fsp3) is 0.522. The summed E-state index contributed by atoms with van der Waals surface area (Å²) in [5, 5.41) is 0.117. The van der Waals surface area contributed by atoms with Gasteiger partial charge in [0.1, 0.15) is 5.82 Å². The van der Waals surface area contributed by atoms with Crippen LogP contribution in [0.1, 0.15) is 50.8 Å². The molecule has 34 heavy (non-hydrogen) atoms. The first-order chi connectivity index (χ1) is 16.0. The molecule has 0 spiro atoms. The topological polar surface area (TPSA) is 50.1 Å². The number of nitrogens with zero attached hydrogens (tertiary/aromatic N) is 6. The van der Waals surface area contributed by atoms with Gasteiger partial charge in [-0.3, -0.25) is 4.90 Å². The van der Waals surface area contributed by atoms with E-state index in [9.17, 15) is 17.6 Å². The molecule has 0 saturated carbocycles. The van der Waals surface area contributed by atoms with Crippen LogP contribution in [0.3, 0.4) is 0 Å². The molecule has 1 fully saturated rings. The van der Waals surface area contributed by atoms with Gasteiger partial charge in [0.05, 0.1) is 11.9 Å². The summed E-state index contributed by atoms with van der Waals surface area (Å²) in [4.78, 5) is 17.5. The number of hydrogen-bond acceptors (Lipinski definition) is 5. The molecule has 0 aliphatic carbocycles. The van der Waals surface area contributed by atoms with E-state index in [1.54, 1.807) is 17.8 Å². The van der Waals surface area contributed by atoms with E-state index in [1.165, 1.54) is 6.07 Å². The molecule has 4 rings (SSSR count). The van der Waals surface area contributed by atoms with E-state index in [4.69, 9.17) is 11.6 Å². The van der Waals surface area contributed by atoms with Gasteiger partial charge in [0.2, 0.25) is 5.28 Å². The third-order valence-electron chi connectivity index (χ3n) is 6.74.